The Morgan fingerprint density at radius 1 is 0.969 bits per heavy atom. The van der Waals surface area contributed by atoms with Crippen LogP contribution in [0.15, 0.2) is 71.8 Å². The van der Waals surface area contributed by atoms with E-state index in [1.54, 1.807) is 42.5 Å². The molecule has 0 unspecified atom stereocenters. The highest BCUT2D eigenvalue weighted by atomic mass is 35.5. The maximum atomic E-state index is 12.0. The number of rotatable bonds is 7. The molecule has 0 fully saturated rings. The standard InChI is InChI=1S/C24H22ClN3O4/c1-16-3-10-20(11-4-16)27-23(29)24(30)28-26-14-18-7-12-21(22(13-18)31-2)32-15-17-5-8-19(25)9-6-17/h3-14H,15H2,1-2H3,(H,27,29)(H,28,30)/b26-14-. The maximum Gasteiger partial charge on any atom is 0.329 e. The molecule has 32 heavy (non-hydrogen) atoms. The summed E-state index contributed by atoms with van der Waals surface area (Å²) in [5.41, 5.74) is 5.40. The lowest BCUT2D eigenvalue weighted by Crippen LogP contribution is -2.32. The Bertz CT molecular complexity index is 1110. The molecule has 0 aromatic heterocycles. The van der Waals surface area contributed by atoms with Gasteiger partial charge in [0.25, 0.3) is 0 Å². The minimum atomic E-state index is -0.878. The van der Waals surface area contributed by atoms with E-state index in [4.69, 9.17) is 21.1 Å². The number of methoxy groups -OCH3 is 1. The average molecular weight is 452 g/mol. The molecule has 0 aliphatic rings. The topological polar surface area (TPSA) is 89.0 Å². The van der Waals surface area contributed by atoms with Crippen LogP contribution in [0.2, 0.25) is 5.02 Å². The molecule has 3 aromatic rings. The highest BCUT2D eigenvalue weighted by Crippen LogP contribution is 2.28. The molecule has 2 amide bonds. The number of benzene rings is 3. The van der Waals surface area contributed by atoms with Gasteiger partial charge in [-0.3, -0.25) is 9.59 Å². The van der Waals surface area contributed by atoms with Crippen molar-refractivity contribution in [3.8, 4) is 11.5 Å². The second-order valence-corrected chi connectivity index (χ2v) is 7.28. The van der Waals surface area contributed by atoms with Crippen molar-refractivity contribution in [1.82, 2.24) is 5.43 Å². The van der Waals surface area contributed by atoms with E-state index >= 15 is 0 Å². The third kappa shape index (κ3) is 6.58. The molecule has 0 atom stereocenters. The van der Waals surface area contributed by atoms with Crippen LogP contribution in [-0.4, -0.2) is 25.1 Å². The van der Waals surface area contributed by atoms with Gasteiger partial charge < -0.3 is 14.8 Å². The van der Waals surface area contributed by atoms with E-state index in [1.165, 1.54) is 13.3 Å². The minimum Gasteiger partial charge on any atom is -0.493 e. The molecule has 0 bridgehead atoms. The Hall–Kier alpha value is -3.84. The SMILES string of the molecule is COc1cc(/C=N\NC(=O)C(=O)Nc2ccc(C)cc2)ccc1OCc1ccc(Cl)cc1. The van der Waals surface area contributed by atoms with E-state index in [-0.39, 0.29) is 0 Å². The van der Waals surface area contributed by atoms with E-state index in [1.807, 2.05) is 31.2 Å². The van der Waals surface area contributed by atoms with Gasteiger partial charge in [0, 0.05) is 10.7 Å². The van der Waals surface area contributed by atoms with Crippen LogP contribution < -0.4 is 20.2 Å². The maximum absolute atomic E-state index is 12.0. The van der Waals surface area contributed by atoms with Crippen LogP contribution in [0.1, 0.15) is 16.7 Å². The minimum absolute atomic E-state index is 0.354. The van der Waals surface area contributed by atoms with Crippen LogP contribution in [-0.2, 0) is 16.2 Å². The summed E-state index contributed by atoms with van der Waals surface area (Å²) >= 11 is 5.89. The summed E-state index contributed by atoms with van der Waals surface area (Å²) in [7, 11) is 1.53. The summed E-state index contributed by atoms with van der Waals surface area (Å²) in [6, 6.07) is 19.7. The molecule has 0 aliphatic heterocycles. The van der Waals surface area contributed by atoms with Crippen LogP contribution in [0, 0.1) is 6.92 Å². The van der Waals surface area contributed by atoms with Gasteiger partial charge in [0.2, 0.25) is 0 Å². The number of nitrogens with zero attached hydrogens (tertiary/aromatic N) is 1. The van der Waals surface area contributed by atoms with Gasteiger partial charge in [-0.1, -0.05) is 41.4 Å². The quantitative estimate of drug-likeness (QED) is 0.318. The number of hydrogen-bond acceptors (Lipinski definition) is 5. The van der Waals surface area contributed by atoms with Crippen molar-refractivity contribution in [2.45, 2.75) is 13.5 Å². The molecule has 0 saturated heterocycles. The van der Waals surface area contributed by atoms with Gasteiger partial charge in [0.1, 0.15) is 6.61 Å². The van der Waals surface area contributed by atoms with Crippen molar-refractivity contribution in [3.63, 3.8) is 0 Å². The van der Waals surface area contributed by atoms with Crippen molar-refractivity contribution in [2.24, 2.45) is 5.10 Å². The highest BCUT2D eigenvalue weighted by Gasteiger charge is 2.12. The summed E-state index contributed by atoms with van der Waals surface area (Å²) in [6.45, 7) is 2.29. The summed E-state index contributed by atoms with van der Waals surface area (Å²) in [5.74, 6) is -0.626. The Kier molecular flexibility index (Phi) is 7.83. The van der Waals surface area contributed by atoms with Crippen LogP contribution in [0.25, 0.3) is 0 Å². The fourth-order valence-corrected chi connectivity index (χ4v) is 2.79. The Balaban J connectivity index is 1.55. The molecule has 2 N–H and O–H groups in total. The lowest BCUT2D eigenvalue weighted by Gasteiger charge is -2.11. The number of ether oxygens (including phenoxy) is 2. The molecule has 0 heterocycles. The Morgan fingerprint density at radius 3 is 2.38 bits per heavy atom. The molecule has 7 nitrogen and oxygen atoms in total. The molecular weight excluding hydrogens is 430 g/mol. The van der Waals surface area contributed by atoms with Gasteiger partial charge in [-0.2, -0.15) is 5.10 Å². The number of amides is 2. The number of hydrazone groups is 1. The predicted octanol–water partition coefficient (Wildman–Crippen LogP) is 4.32. The van der Waals surface area contributed by atoms with E-state index in [9.17, 15) is 9.59 Å². The zero-order valence-electron chi connectivity index (χ0n) is 17.6. The second-order valence-electron chi connectivity index (χ2n) is 6.84. The number of carbonyl (C=O) groups excluding carboxylic acids is 2. The van der Waals surface area contributed by atoms with Crippen molar-refractivity contribution in [1.29, 1.82) is 0 Å². The average Bonchev–Trinajstić information content (AvgIpc) is 2.80. The third-order valence-electron chi connectivity index (χ3n) is 4.39. The number of anilines is 1. The van der Waals surface area contributed by atoms with Gasteiger partial charge in [0.05, 0.1) is 13.3 Å². The first-order valence-corrected chi connectivity index (χ1v) is 10.1. The number of hydrogen-bond donors (Lipinski definition) is 2. The molecule has 164 valence electrons. The molecule has 0 radical (unpaired) electrons. The van der Waals surface area contributed by atoms with Crippen LogP contribution >= 0.6 is 11.6 Å². The van der Waals surface area contributed by atoms with Gasteiger partial charge in [-0.25, -0.2) is 5.43 Å². The molecule has 8 heteroatoms. The van der Waals surface area contributed by atoms with Crippen LogP contribution in [0.3, 0.4) is 0 Å². The number of aryl methyl sites for hydroxylation is 1. The fraction of sp³-hybridized carbons (Fsp3) is 0.125. The van der Waals surface area contributed by atoms with Gasteiger partial charge in [0.15, 0.2) is 11.5 Å². The normalized spacial score (nSPS) is 10.6. The largest absolute Gasteiger partial charge is 0.493 e. The van der Waals surface area contributed by atoms with E-state index in [0.717, 1.165) is 11.1 Å². The highest BCUT2D eigenvalue weighted by molar-refractivity contribution is 6.39. The lowest BCUT2D eigenvalue weighted by atomic mass is 10.2. The summed E-state index contributed by atoms with van der Waals surface area (Å²) < 4.78 is 11.2. The molecule has 0 aliphatic carbocycles. The lowest BCUT2D eigenvalue weighted by molar-refractivity contribution is -0.136. The smallest absolute Gasteiger partial charge is 0.329 e. The van der Waals surface area contributed by atoms with Crippen molar-refractivity contribution >= 4 is 35.3 Å². The first-order chi connectivity index (χ1) is 15.4. The molecule has 3 rings (SSSR count). The molecule has 3 aromatic carbocycles. The monoisotopic (exact) mass is 451 g/mol. The first kappa shape index (κ1) is 22.8. The summed E-state index contributed by atoms with van der Waals surface area (Å²) in [4.78, 5) is 23.9. The molecule has 0 spiro atoms. The zero-order valence-corrected chi connectivity index (χ0v) is 18.3. The van der Waals surface area contributed by atoms with Crippen LogP contribution in [0.4, 0.5) is 5.69 Å². The number of carbonyl (C=O) groups is 2. The second kappa shape index (κ2) is 11.0. The van der Waals surface area contributed by atoms with Gasteiger partial charge in [-0.05, 0) is 60.5 Å². The molecule has 0 saturated carbocycles. The van der Waals surface area contributed by atoms with Crippen molar-refractivity contribution in [3.05, 3.63) is 88.4 Å². The fourth-order valence-electron chi connectivity index (χ4n) is 2.67. The first-order valence-electron chi connectivity index (χ1n) is 9.71. The van der Waals surface area contributed by atoms with Crippen molar-refractivity contribution in [2.75, 3.05) is 12.4 Å². The van der Waals surface area contributed by atoms with E-state index in [2.05, 4.69) is 15.8 Å². The number of nitrogens with one attached hydrogen (secondary N) is 2. The van der Waals surface area contributed by atoms with Crippen molar-refractivity contribution < 1.29 is 19.1 Å². The van der Waals surface area contributed by atoms with Gasteiger partial charge >= 0.3 is 11.8 Å². The Labute approximate surface area is 191 Å². The number of halogens is 1. The predicted molar refractivity (Wildman–Crippen MR) is 124 cm³/mol. The van der Waals surface area contributed by atoms with E-state index in [0.29, 0.717) is 34.4 Å². The van der Waals surface area contributed by atoms with E-state index < -0.39 is 11.8 Å². The third-order valence-corrected chi connectivity index (χ3v) is 4.64. The Morgan fingerprint density at radius 2 is 1.69 bits per heavy atom. The summed E-state index contributed by atoms with van der Waals surface area (Å²) in [5, 5.41) is 7.00. The van der Waals surface area contributed by atoms with Gasteiger partial charge in [-0.15, -0.1) is 0 Å². The molecular formula is C24H22ClN3O4. The zero-order chi connectivity index (χ0) is 22.9. The summed E-state index contributed by atoms with van der Waals surface area (Å²) in [6.07, 6.45) is 1.41. The van der Waals surface area contributed by atoms with Crippen LogP contribution in [0.5, 0.6) is 11.5 Å².